The number of hydrogen-bond acceptors (Lipinski definition) is 4. The van der Waals surface area contributed by atoms with E-state index in [1.54, 1.807) is 0 Å². The van der Waals surface area contributed by atoms with Crippen LogP contribution in [-0.4, -0.2) is 38.5 Å². The van der Waals surface area contributed by atoms with Crippen LogP contribution < -0.4 is 10.0 Å². The van der Waals surface area contributed by atoms with Crippen molar-refractivity contribution in [2.75, 3.05) is 13.1 Å². The number of carbonyl (C=O) groups is 2. The number of rotatable bonds is 7. The minimum Gasteiger partial charge on any atom is -0.480 e. The summed E-state index contributed by atoms with van der Waals surface area (Å²) in [5, 5.41) is 10.7. The number of hydrogen-bond donors (Lipinski definition) is 3. The van der Waals surface area contributed by atoms with Gasteiger partial charge in [-0.3, -0.25) is 9.59 Å². The van der Waals surface area contributed by atoms with Gasteiger partial charge in [-0.25, -0.2) is 13.1 Å². The van der Waals surface area contributed by atoms with E-state index in [2.05, 4.69) is 16.1 Å². The van der Waals surface area contributed by atoms with E-state index >= 15 is 0 Å². The predicted octanol–water partition coefficient (Wildman–Crippen LogP) is 1.28. The molecule has 0 saturated carbocycles. The molecule has 1 aromatic rings. The SMILES string of the molecule is O=C(O)CNC(=O)c1ccc(S(=O)(=O)NCC2=CCCCC2)cc1. The molecule has 0 aliphatic heterocycles. The van der Waals surface area contributed by atoms with Crippen molar-refractivity contribution in [3.8, 4) is 0 Å². The third-order valence-electron chi connectivity index (χ3n) is 3.70. The van der Waals surface area contributed by atoms with E-state index < -0.39 is 28.4 Å². The van der Waals surface area contributed by atoms with Crippen LogP contribution in [0.1, 0.15) is 36.0 Å². The lowest BCUT2D eigenvalue weighted by Crippen LogP contribution is -2.29. The van der Waals surface area contributed by atoms with Crippen LogP contribution in [0.4, 0.5) is 0 Å². The lowest BCUT2D eigenvalue weighted by atomic mass is 10.0. The smallest absolute Gasteiger partial charge is 0.322 e. The van der Waals surface area contributed by atoms with Crippen LogP contribution in [0.5, 0.6) is 0 Å². The Morgan fingerprint density at radius 1 is 1.12 bits per heavy atom. The van der Waals surface area contributed by atoms with E-state index in [-0.39, 0.29) is 10.5 Å². The molecule has 0 atom stereocenters. The number of benzene rings is 1. The van der Waals surface area contributed by atoms with Crippen molar-refractivity contribution >= 4 is 21.9 Å². The highest BCUT2D eigenvalue weighted by molar-refractivity contribution is 7.89. The molecular weight excluding hydrogens is 332 g/mol. The number of amides is 1. The maximum atomic E-state index is 12.3. The molecule has 0 unspecified atom stereocenters. The van der Waals surface area contributed by atoms with Crippen LogP contribution in [0, 0.1) is 0 Å². The molecule has 0 spiro atoms. The van der Waals surface area contributed by atoms with Crippen LogP contribution >= 0.6 is 0 Å². The molecule has 8 heteroatoms. The number of allylic oxidation sites excluding steroid dienone is 1. The largest absolute Gasteiger partial charge is 0.480 e. The standard InChI is InChI=1S/C16H20N2O5S/c19-15(20)11-17-16(21)13-6-8-14(9-7-13)24(22,23)18-10-12-4-2-1-3-5-12/h4,6-9,18H,1-3,5,10-11H2,(H,17,21)(H,19,20). The maximum Gasteiger partial charge on any atom is 0.322 e. The first kappa shape index (κ1) is 18.2. The van der Waals surface area contributed by atoms with Gasteiger partial charge in [0.05, 0.1) is 4.90 Å². The van der Waals surface area contributed by atoms with Crippen molar-refractivity contribution in [1.29, 1.82) is 0 Å². The molecule has 7 nitrogen and oxygen atoms in total. The molecule has 0 heterocycles. The van der Waals surface area contributed by atoms with E-state index in [0.717, 1.165) is 31.3 Å². The Morgan fingerprint density at radius 3 is 2.42 bits per heavy atom. The Hall–Kier alpha value is -2.19. The van der Waals surface area contributed by atoms with Gasteiger partial charge in [0.15, 0.2) is 0 Å². The van der Waals surface area contributed by atoms with E-state index in [1.807, 2.05) is 0 Å². The Labute approximate surface area is 140 Å². The molecule has 0 radical (unpaired) electrons. The molecule has 24 heavy (non-hydrogen) atoms. The first-order valence-electron chi connectivity index (χ1n) is 7.66. The third kappa shape index (κ3) is 5.17. The fraction of sp³-hybridized carbons (Fsp3) is 0.375. The second-order valence-electron chi connectivity index (χ2n) is 5.53. The van der Waals surface area contributed by atoms with Crippen molar-refractivity contribution in [2.45, 2.75) is 30.6 Å². The Balaban J connectivity index is 1.99. The van der Waals surface area contributed by atoms with E-state index in [1.165, 1.54) is 24.3 Å². The lowest BCUT2D eigenvalue weighted by Gasteiger charge is -2.13. The van der Waals surface area contributed by atoms with Gasteiger partial charge in [0.25, 0.3) is 5.91 Å². The fourth-order valence-electron chi connectivity index (χ4n) is 2.38. The summed E-state index contributed by atoms with van der Waals surface area (Å²) in [6, 6.07) is 5.36. The highest BCUT2D eigenvalue weighted by Gasteiger charge is 2.16. The monoisotopic (exact) mass is 352 g/mol. The maximum absolute atomic E-state index is 12.3. The summed E-state index contributed by atoms with van der Waals surface area (Å²) in [7, 11) is -3.64. The number of carboxylic acids is 1. The summed E-state index contributed by atoms with van der Waals surface area (Å²) in [5.41, 5.74) is 1.29. The molecule has 0 bridgehead atoms. The van der Waals surface area contributed by atoms with Gasteiger partial charge < -0.3 is 10.4 Å². The average molecular weight is 352 g/mol. The molecule has 0 aromatic heterocycles. The van der Waals surface area contributed by atoms with Crippen molar-refractivity contribution in [2.24, 2.45) is 0 Å². The van der Waals surface area contributed by atoms with Crippen LogP contribution in [0.3, 0.4) is 0 Å². The summed E-state index contributed by atoms with van der Waals surface area (Å²) in [5.74, 6) is -1.72. The number of carboxylic acid groups (broad SMARTS) is 1. The van der Waals surface area contributed by atoms with Crippen molar-refractivity contribution < 1.29 is 23.1 Å². The third-order valence-corrected chi connectivity index (χ3v) is 5.12. The minimum absolute atomic E-state index is 0.0636. The minimum atomic E-state index is -3.64. The fourth-order valence-corrected chi connectivity index (χ4v) is 3.42. The molecule has 1 aliphatic carbocycles. The predicted molar refractivity (Wildman–Crippen MR) is 88.2 cm³/mol. The molecule has 0 fully saturated rings. The lowest BCUT2D eigenvalue weighted by molar-refractivity contribution is -0.135. The molecule has 0 saturated heterocycles. The molecular formula is C16H20N2O5S. The van der Waals surface area contributed by atoms with Crippen LogP contribution in [-0.2, 0) is 14.8 Å². The average Bonchev–Trinajstić information content (AvgIpc) is 2.59. The van der Waals surface area contributed by atoms with E-state index in [9.17, 15) is 18.0 Å². The molecule has 1 aliphatic rings. The number of carbonyl (C=O) groups excluding carboxylic acids is 1. The molecule has 3 N–H and O–H groups in total. The Bertz CT molecular complexity index is 738. The van der Waals surface area contributed by atoms with E-state index in [4.69, 9.17) is 5.11 Å². The van der Waals surface area contributed by atoms with Crippen LogP contribution in [0.2, 0.25) is 0 Å². The number of nitrogens with one attached hydrogen (secondary N) is 2. The zero-order valence-corrected chi connectivity index (χ0v) is 13.9. The van der Waals surface area contributed by atoms with Crippen LogP contribution in [0.15, 0.2) is 40.8 Å². The highest BCUT2D eigenvalue weighted by Crippen LogP contribution is 2.17. The normalized spacial score (nSPS) is 14.8. The van der Waals surface area contributed by atoms with Gasteiger partial charge in [-0.05, 0) is 49.9 Å². The second-order valence-corrected chi connectivity index (χ2v) is 7.30. The zero-order valence-electron chi connectivity index (χ0n) is 13.1. The Morgan fingerprint density at radius 2 is 1.83 bits per heavy atom. The van der Waals surface area contributed by atoms with Gasteiger partial charge >= 0.3 is 5.97 Å². The van der Waals surface area contributed by atoms with Crippen LogP contribution in [0.25, 0.3) is 0 Å². The Kier molecular flexibility index (Phi) is 6.10. The molecule has 2 rings (SSSR count). The summed E-state index contributed by atoms with van der Waals surface area (Å²) < 4.78 is 27.1. The topological polar surface area (TPSA) is 113 Å². The van der Waals surface area contributed by atoms with Gasteiger partial charge in [0.2, 0.25) is 10.0 Å². The zero-order chi connectivity index (χ0) is 17.6. The number of aliphatic carboxylic acids is 1. The van der Waals surface area contributed by atoms with Gasteiger partial charge in [-0.15, -0.1) is 0 Å². The first-order valence-corrected chi connectivity index (χ1v) is 9.14. The van der Waals surface area contributed by atoms with Crippen molar-refractivity contribution in [1.82, 2.24) is 10.0 Å². The van der Waals surface area contributed by atoms with Crippen molar-refractivity contribution in [3.05, 3.63) is 41.5 Å². The second kappa shape index (κ2) is 8.07. The number of sulfonamides is 1. The first-order chi connectivity index (χ1) is 11.4. The van der Waals surface area contributed by atoms with Gasteiger partial charge in [-0.2, -0.15) is 0 Å². The molecule has 1 aromatic carbocycles. The van der Waals surface area contributed by atoms with E-state index in [0.29, 0.717) is 6.54 Å². The highest BCUT2D eigenvalue weighted by atomic mass is 32.2. The quantitative estimate of drug-likeness (QED) is 0.640. The summed E-state index contributed by atoms with van der Waals surface area (Å²) in [6.07, 6.45) is 6.18. The van der Waals surface area contributed by atoms with Gasteiger partial charge in [-0.1, -0.05) is 11.6 Å². The summed E-state index contributed by atoms with van der Waals surface area (Å²) in [4.78, 5) is 22.2. The molecule has 1 amide bonds. The van der Waals surface area contributed by atoms with Crippen molar-refractivity contribution in [3.63, 3.8) is 0 Å². The summed E-state index contributed by atoms with van der Waals surface area (Å²) in [6.45, 7) is -0.196. The molecule has 130 valence electrons. The van der Waals surface area contributed by atoms with Gasteiger partial charge in [0.1, 0.15) is 6.54 Å². The van der Waals surface area contributed by atoms with Gasteiger partial charge in [0, 0.05) is 12.1 Å². The summed E-state index contributed by atoms with van der Waals surface area (Å²) >= 11 is 0.